The molecule has 2 aliphatic carbocycles. The van der Waals surface area contributed by atoms with E-state index in [4.69, 9.17) is 4.42 Å². The Morgan fingerprint density at radius 1 is 0.500 bits per heavy atom. The van der Waals surface area contributed by atoms with Crippen molar-refractivity contribution in [3.63, 3.8) is 0 Å². The second-order valence-electron chi connectivity index (χ2n) is 15.1. The van der Waals surface area contributed by atoms with Gasteiger partial charge in [0.15, 0.2) is 0 Å². The van der Waals surface area contributed by atoms with Gasteiger partial charge in [-0.15, -0.1) is 0 Å². The maximum absolute atomic E-state index is 6.50. The molecule has 0 amide bonds. The molecule has 0 fully saturated rings. The van der Waals surface area contributed by atoms with Gasteiger partial charge in [0.25, 0.3) is 0 Å². The van der Waals surface area contributed by atoms with Gasteiger partial charge in [-0.3, -0.25) is 0 Å². The molecule has 0 aliphatic heterocycles. The summed E-state index contributed by atoms with van der Waals surface area (Å²) in [7, 11) is 0. The van der Waals surface area contributed by atoms with E-state index in [9.17, 15) is 0 Å². The standard InChI is InChI=1S/C51H36O/c1-51(2)45-27-25-35(29-43(45)44-28-34-24-26-41-36-14-10-11-19-47(36)52-50(41)42(34)30-46(44)51)49-39-17-8-6-15-37(39)48(38-16-7-9-18-40(38)49)33-22-20-32(21-23-33)31-12-4-3-5-13-31/h3-4,6-12,14-30H,5,13H2,1-2H3. The highest BCUT2D eigenvalue weighted by molar-refractivity contribution is 6.22. The predicted molar refractivity (Wildman–Crippen MR) is 221 cm³/mol. The highest BCUT2D eigenvalue weighted by Crippen LogP contribution is 2.53. The highest BCUT2D eigenvalue weighted by Gasteiger charge is 2.36. The summed E-state index contributed by atoms with van der Waals surface area (Å²) in [4.78, 5) is 0. The first-order chi connectivity index (χ1) is 25.5. The van der Waals surface area contributed by atoms with Gasteiger partial charge >= 0.3 is 0 Å². The summed E-state index contributed by atoms with van der Waals surface area (Å²) in [5, 5.41) is 9.87. The first-order valence-electron chi connectivity index (χ1n) is 18.5. The molecular formula is C51H36O. The molecule has 0 saturated heterocycles. The molecule has 0 unspecified atom stereocenters. The lowest BCUT2D eigenvalue weighted by Gasteiger charge is -2.22. The molecule has 1 heterocycles. The van der Waals surface area contributed by atoms with E-state index in [-0.39, 0.29) is 5.41 Å². The van der Waals surface area contributed by atoms with Gasteiger partial charge in [0.1, 0.15) is 11.2 Å². The van der Waals surface area contributed by atoms with Crippen LogP contribution in [-0.4, -0.2) is 0 Å². The number of allylic oxidation sites excluding steroid dienone is 4. The zero-order valence-corrected chi connectivity index (χ0v) is 29.3. The van der Waals surface area contributed by atoms with Crippen molar-refractivity contribution in [2.45, 2.75) is 32.1 Å². The van der Waals surface area contributed by atoms with Crippen LogP contribution in [0.15, 0.2) is 162 Å². The van der Waals surface area contributed by atoms with Crippen LogP contribution in [0.5, 0.6) is 0 Å². The molecule has 0 atom stereocenters. The third-order valence-electron chi connectivity index (χ3n) is 11.9. The van der Waals surface area contributed by atoms with Gasteiger partial charge in [-0.1, -0.05) is 141 Å². The number of para-hydroxylation sites is 1. The Morgan fingerprint density at radius 3 is 1.81 bits per heavy atom. The maximum Gasteiger partial charge on any atom is 0.143 e. The summed E-state index contributed by atoms with van der Waals surface area (Å²) in [6.07, 6.45) is 8.90. The van der Waals surface area contributed by atoms with Crippen molar-refractivity contribution in [3.8, 4) is 33.4 Å². The van der Waals surface area contributed by atoms with Gasteiger partial charge in [0.2, 0.25) is 0 Å². The number of benzene rings is 8. The lowest BCUT2D eigenvalue weighted by atomic mass is 9.81. The lowest BCUT2D eigenvalue weighted by Crippen LogP contribution is -2.14. The fourth-order valence-electron chi connectivity index (χ4n) is 9.35. The lowest BCUT2D eigenvalue weighted by molar-refractivity contribution is 0.660. The van der Waals surface area contributed by atoms with E-state index in [0.29, 0.717) is 0 Å². The highest BCUT2D eigenvalue weighted by atomic mass is 16.3. The molecule has 0 bridgehead atoms. The van der Waals surface area contributed by atoms with Gasteiger partial charge < -0.3 is 4.42 Å². The number of fused-ring (bicyclic) bond motifs is 10. The molecule has 0 spiro atoms. The molecule has 2 aliphatic rings. The fourth-order valence-corrected chi connectivity index (χ4v) is 9.35. The van der Waals surface area contributed by atoms with Gasteiger partial charge in [0.05, 0.1) is 0 Å². The minimum atomic E-state index is -0.143. The molecule has 9 aromatic rings. The zero-order chi connectivity index (χ0) is 34.6. The fraction of sp³-hybridized carbons (Fsp3) is 0.0980. The summed E-state index contributed by atoms with van der Waals surface area (Å²) < 4.78 is 6.50. The molecule has 11 rings (SSSR count). The van der Waals surface area contributed by atoms with Crippen LogP contribution in [0, 0.1) is 0 Å². The molecule has 0 N–H and O–H groups in total. The minimum absolute atomic E-state index is 0.143. The van der Waals surface area contributed by atoms with Crippen LogP contribution in [-0.2, 0) is 5.41 Å². The van der Waals surface area contributed by atoms with Crippen LogP contribution >= 0.6 is 0 Å². The summed E-state index contributed by atoms with van der Waals surface area (Å²) in [6, 6.07) is 52.1. The van der Waals surface area contributed by atoms with Crippen LogP contribution in [0.25, 0.3) is 93.2 Å². The first kappa shape index (κ1) is 29.5. The smallest absolute Gasteiger partial charge is 0.143 e. The summed E-state index contributed by atoms with van der Waals surface area (Å²) >= 11 is 0. The van der Waals surface area contributed by atoms with Crippen molar-refractivity contribution in [3.05, 3.63) is 174 Å². The van der Waals surface area contributed by atoms with E-state index in [0.717, 1.165) is 24.0 Å². The van der Waals surface area contributed by atoms with Gasteiger partial charge in [-0.05, 0) is 126 Å². The normalized spacial score (nSPS) is 14.8. The van der Waals surface area contributed by atoms with E-state index in [1.165, 1.54) is 98.7 Å². The van der Waals surface area contributed by atoms with Crippen LogP contribution in [0.4, 0.5) is 0 Å². The monoisotopic (exact) mass is 664 g/mol. The van der Waals surface area contributed by atoms with Crippen LogP contribution in [0.3, 0.4) is 0 Å². The second-order valence-corrected chi connectivity index (χ2v) is 15.1. The summed E-state index contributed by atoms with van der Waals surface area (Å²) in [5.74, 6) is 0. The van der Waals surface area contributed by atoms with Crippen LogP contribution in [0.2, 0.25) is 0 Å². The Hall–Kier alpha value is -6.18. The van der Waals surface area contributed by atoms with Gasteiger partial charge in [-0.25, -0.2) is 0 Å². The van der Waals surface area contributed by atoms with Gasteiger partial charge in [-0.2, -0.15) is 0 Å². The summed E-state index contributed by atoms with van der Waals surface area (Å²) in [5.41, 5.74) is 15.0. The van der Waals surface area contributed by atoms with Crippen LogP contribution < -0.4 is 0 Å². The average molecular weight is 665 g/mol. The molecule has 8 aromatic carbocycles. The van der Waals surface area contributed by atoms with E-state index >= 15 is 0 Å². The van der Waals surface area contributed by atoms with Crippen molar-refractivity contribution in [2.24, 2.45) is 0 Å². The van der Waals surface area contributed by atoms with E-state index < -0.39 is 0 Å². The second kappa shape index (κ2) is 10.9. The summed E-state index contributed by atoms with van der Waals surface area (Å²) in [6.45, 7) is 4.74. The average Bonchev–Trinajstić information content (AvgIpc) is 3.68. The predicted octanol–water partition coefficient (Wildman–Crippen LogP) is 14.4. The van der Waals surface area contributed by atoms with Crippen molar-refractivity contribution >= 4 is 59.8 Å². The van der Waals surface area contributed by atoms with E-state index in [2.05, 4.69) is 166 Å². The number of rotatable bonds is 3. The largest absolute Gasteiger partial charge is 0.455 e. The minimum Gasteiger partial charge on any atom is -0.455 e. The Bertz CT molecular complexity index is 2960. The molecule has 0 saturated carbocycles. The van der Waals surface area contributed by atoms with E-state index in [1.807, 2.05) is 6.07 Å². The Kier molecular flexibility index (Phi) is 6.20. The third kappa shape index (κ3) is 4.17. The molecule has 52 heavy (non-hydrogen) atoms. The Morgan fingerprint density at radius 2 is 1.12 bits per heavy atom. The topological polar surface area (TPSA) is 13.1 Å². The number of hydrogen-bond donors (Lipinski definition) is 0. The Labute approximate surface area is 303 Å². The molecule has 0 radical (unpaired) electrons. The van der Waals surface area contributed by atoms with Crippen LogP contribution in [0.1, 0.15) is 43.4 Å². The number of hydrogen-bond acceptors (Lipinski definition) is 1. The molecule has 1 nitrogen and oxygen atoms in total. The zero-order valence-electron chi connectivity index (χ0n) is 29.3. The molecular weight excluding hydrogens is 629 g/mol. The number of furan rings is 1. The molecule has 1 heteroatoms. The maximum atomic E-state index is 6.50. The van der Waals surface area contributed by atoms with Crippen molar-refractivity contribution in [1.82, 2.24) is 0 Å². The molecule has 246 valence electrons. The van der Waals surface area contributed by atoms with Crippen molar-refractivity contribution in [2.75, 3.05) is 0 Å². The van der Waals surface area contributed by atoms with E-state index in [1.54, 1.807) is 0 Å². The first-order valence-corrected chi connectivity index (χ1v) is 18.5. The molecule has 1 aromatic heterocycles. The SMILES string of the molecule is CC1(C)c2ccc(-c3c4ccccc4c(-c4ccc(C5=CC=CCC5)cc4)c4ccccc34)cc2-c2cc3ccc4c5ccccc5oc4c3cc21. The van der Waals surface area contributed by atoms with Crippen molar-refractivity contribution in [1.29, 1.82) is 0 Å². The van der Waals surface area contributed by atoms with Crippen molar-refractivity contribution < 1.29 is 4.42 Å². The Balaban J connectivity index is 1.11. The van der Waals surface area contributed by atoms with Gasteiger partial charge in [0, 0.05) is 21.6 Å². The quantitative estimate of drug-likeness (QED) is 0.171. The third-order valence-corrected chi connectivity index (χ3v) is 11.9.